The number of nitrogens with one attached hydrogen (secondary N) is 2. The molecular formula is C22H28N6O2S. The molecule has 0 saturated heterocycles. The van der Waals surface area contributed by atoms with Gasteiger partial charge in [-0.15, -0.1) is 0 Å². The van der Waals surface area contributed by atoms with Crippen LogP contribution < -0.4 is 16.4 Å². The molecule has 0 aliphatic heterocycles. The monoisotopic (exact) mass is 440 g/mol. The highest BCUT2D eigenvalue weighted by atomic mass is 32.2. The molecule has 0 spiro atoms. The zero-order chi connectivity index (χ0) is 22.4. The van der Waals surface area contributed by atoms with Gasteiger partial charge in [-0.1, -0.05) is 44.2 Å². The van der Waals surface area contributed by atoms with Gasteiger partial charge in [-0.05, 0) is 36.8 Å². The minimum absolute atomic E-state index is 0.0100. The molecule has 0 aliphatic rings. The molecule has 31 heavy (non-hydrogen) atoms. The fourth-order valence-electron chi connectivity index (χ4n) is 3.20. The molecule has 1 unspecified atom stereocenters. The Morgan fingerprint density at radius 1 is 0.968 bits per heavy atom. The molecule has 3 aromatic rings. The van der Waals surface area contributed by atoms with Crippen molar-refractivity contribution in [3.63, 3.8) is 0 Å². The van der Waals surface area contributed by atoms with E-state index in [-0.39, 0.29) is 10.9 Å². The van der Waals surface area contributed by atoms with Crippen molar-refractivity contribution in [1.82, 2.24) is 14.3 Å². The largest absolute Gasteiger partial charge is 0.393 e. The molecular weight excluding hydrogens is 412 g/mol. The summed E-state index contributed by atoms with van der Waals surface area (Å²) in [5.74, 6) is 0.965. The van der Waals surface area contributed by atoms with Crippen LogP contribution >= 0.6 is 0 Å². The number of nitrogen functional groups attached to an aromatic ring is 1. The summed E-state index contributed by atoms with van der Waals surface area (Å²) >= 11 is 0. The third kappa shape index (κ3) is 5.12. The molecule has 8 nitrogen and oxygen atoms in total. The molecule has 0 fully saturated rings. The normalized spacial score (nSPS) is 12.5. The molecule has 1 heterocycles. The molecule has 0 aliphatic carbocycles. The number of aromatic nitrogens is 2. The van der Waals surface area contributed by atoms with E-state index in [0.717, 1.165) is 5.56 Å². The Balaban J connectivity index is 1.77. The van der Waals surface area contributed by atoms with Gasteiger partial charge in [-0.3, -0.25) is 0 Å². The fourth-order valence-corrected chi connectivity index (χ4v) is 4.66. The number of hydrogen-bond acceptors (Lipinski definition) is 7. The highest BCUT2D eigenvalue weighted by Crippen LogP contribution is 2.29. The van der Waals surface area contributed by atoms with E-state index < -0.39 is 10.0 Å². The number of hydrogen-bond donors (Lipinski definition) is 3. The first-order valence-corrected chi connectivity index (χ1v) is 11.6. The average molecular weight is 441 g/mol. The van der Waals surface area contributed by atoms with Gasteiger partial charge in [0.15, 0.2) is 11.6 Å². The van der Waals surface area contributed by atoms with E-state index >= 15 is 0 Å². The first-order valence-electron chi connectivity index (χ1n) is 10.2. The van der Waals surface area contributed by atoms with Gasteiger partial charge in [0.1, 0.15) is 12.0 Å². The second-order valence-corrected chi connectivity index (χ2v) is 8.94. The quantitative estimate of drug-likeness (QED) is 0.461. The number of anilines is 4. The Labute approximate surface area is 183 Å². The lowest BCUT2D eigenvalue weighted by Crippen LogP contribution is -2.30. The van der Waals surface area contributed by atoms with Crippen LogP contribution in [-0.4, -0.2) is 35.8 Å². The molecule has 0 radical (unpaired) electrons. The van der Waals surface area contributed by atoms with Crippen molar-refractivity contribution in [3.05, 3.63) is 66.5 Å². The Hall–Kier alpha value is -3.17. The smallest absolute Gasteiger partial charge is 0.243 e. The highest BCUT2D eigenvalue weighted by molar-refractivity contribution is 7.89. The number of nitrogens with two attached hydrogens (primary N) is 1. The highest BCUT2D eigenvalue weighted by Gasteiger charge is 2.21. The standard InChI is InChI=1S/C22H28N6O2S/c1-4-28(5-2)31(29,30)19-13-11-18(12-14-19)27-22-20(23)21(24-15-25-22)26-16(3)17-9-7-6-8-10-17/h6-16H,4-5,23H2,1-3H3,(H2,24,25,26,27). The predicted octanol–water partition coefficient (Wildman–Crippen LogP) is 4.01. The van der Waals surface area contributed by atoms with Crippen molar-refractivity contribution < 1.29 is 8.42 Å². The number of benzene rings is 2. The van der Waals surface area contributed by atoms with Gasteiger partial charge in [0.25, 0.3) is 0 Å². The lowest BCUT2D eigenvalue weighted by Gasteiger charge is -2.19. The van der Waals surface area contributed by atoms with Crippen LogP contribution in [0.15, 0.2) is 65.8 Å². The summed E-state index contributed by atoms with van der Waals surface area (Å²) in [7, 11) is -3.50. The number of nitrogens with zero attached hydrogens (tertiary/aromatic N) is 3. The summed E-state index contributed by atoms with van der Waals surface area (Å²) in [6.45, 7) is 6.51. The zero-order valence-electron chi connectivity index (χ0n) is 17.9. The molecule has 4 N–H and O–H groups in total. The van der Waals surface area contributed by atoms with Crippen LogP contribution in [0.4, 0.5) is 23.0 Å². The van der Waals surface area contributed by atoms with Crippen molar-refractivity contribution in [2.24, 2.45) is 0 Å². The maximum Gasteiger partial charge on any atom is 0.243 e. The summed E-state index contributed by atoms with van der Waals surface area (Å²) in [4.78, 5) is 8.73. The molecule has 0 bridgehead atoms. The average Bonchev–Trinajstić information content (AvgIpc) is 2.78. The molecule has 3 rings (SSSR count). The van der Waals surface area contributed by atoms with Crippen LogP contribution in [0.3, 0.4) is 0 Å². The van der Waals surface area contributed by atoms with E-state index in [9.17, 15) is 8.42 Å². The van der Waals surface area contributed by atoms with Gasteiger partial charge in [0.05, 0.1) is 10.9 Å². The van der Waals surface area contributed by atoms with Gasteiger partial charge < -0.3 is 16.4 Å². The zero-order valence-corrected chi connectivity index (χ0v) is 18.7. The van der Waals surface area contributed by atoms with Gasteiger partial charge in [0, 0.05) is 18.8 Å². The minimum atomic E-state index is -3.50. The molecule has 2 aromatic carbocycles. The second-order valence-electron chi connectivity index (χ2n) is 7.00. The third-order valence-electron chi connectivity index (χ3n) is 5.00. The molecule has 0 saturated carbocycles. The van der Waals surface area contributed by atoms with Crippen molar-refractivity contribution in [2.75, 3.05) is 29.5 Å². The van der Waals surface area contributed by atoms with E-state index in [2.05, 4.69) is 20.6 Å². The van der Waals surface area contributed by atoms with Crippen molar-refractivity contribution in [3.8, 4) is 0 Å². The first-order chi connectivity index (χ1) is 14.9. The van der Waals surface area contributed by atoms with Crippen LogP contribution in [0.25, 0.3) is 0 Å². The fraction of sp³-hybridized carbons (Fsp3) is 0.273. The molecule has 9 heteroatoms. The van der Waals surface area contributed by atoms with E-state index in [1.165, 1.54) is 10.6 Å². The topological polar surface area (TPSA) is 113 Å². The van der Waals surface area contributed by atoms with Gasteiger partial charge in [-0.2, -0.15) is 4.31 Å². The molecule has 164 valence electrons. The van der Waals surface area contributed by atoms with Crippen molar-refractivity contribution in [1.29, 1.82) is 0 Å². The summed E-state index contributed by atoms with van der Waals surface area (Å²) < 4.78 is 26.7. The molecule has 0 amide bonds. The van der Waals surface area contributed by atoms with Crippen LogP contribution in [0, 0.1) is 0 Å². The SMILES string of the molecule is CCN(CC)S(=O)(=O)c1ccc(Nc2ncnc(NC(C)c3ccccc3)c2N)cc1. The maximum atomic E-state index is 12.6. The number of sulfonamides is 1. The van der Waals surface area contributed by atoms with Gasteiger partial charge >= 0.3 is 0 Å². The minimum Gasteiger partial charge on any atom is -0.393 e. The predicted molar refractivity (Wildman–Crippen MR) is 125 cm³/mol. The Morgan fingerprint density at radius 2 is 1.58 bits per heavy atom. The third-order valence-corrected chi connectivity index (χ3v) is 7.06. The van der Waals surface area contributed by atoms with Gasteiger partial charge in [0.2, 0.25) is 10.0 Å². The lowest BCUT2D eigenvalue weighted by molar-refractivity contribution is 0.445. The van der Waals surface area contributed by atoms with E-state index in [4.69, 9.17) is 5.73 Å². The van der Waals surface area contributed by atoms with Crippen molar-refractivity contribution in [2.45, 2.75) is 31.7 Å². The lowest BCUT2D eigenvalue weighted by atomic mass is 10.1. The Morgan fingerprint density at radius 3 is 2.19 bits per heavy atom. The Bertz CT molecular complexity index is 1100. The Kier molecular flexibility index (Phi) is 7.09. The van der Waals surface area contributed by atoms with Crippen LogP contribution in [-0.2, 0) is 10.0 Å². The van der Waals surface area contributed by atoms with Crippen LogP contribution in [0.5, 0.6) is 0 Å². The van der Waals surface area contributed by atoms with E-state index in [0.29, 0.717) is 36.1 Å². The summed E-state index contributed by atoms with van der Waals surface area (Å²) in [6.07, 6.45) is 1.43. The summed E-state index contributed by atoms with van der Waals surface area (Å²) in [5.41, 5.74) is 8.44. The number of rotatable bonds is 9. The van der Waals surface area contributed by atoms with E-state index in [1.807, 2.05) is 51.1 Å². The summed E-state index contributed by atoms with van der Waals surface area (Å²) in [6, 6.07) is 16.5. The molecule has 1 aromatic heterocycles. The van der Waals surface area contributed by atoms with E-state index in [1.54, 1.807) is 24.3 Å². The second kappa shape index (κ2) is 9.76. The maximum absolute atomic E-state index is 12.6. The van der Waals surface area contributed by atoms with Crippen molar-refractivity contribution >= 4 is 33.0 Å². The summed E-state index contributed by atoms with van der Waals surface area (Å²) in [5, 5.41) is 6.44. The van der Waals surface area contributed by atoms with Gasteiger partial charge in [-0.25, -0.2) is 18.4 Å². The molecule has 1 atom stereocenters. The first kappa shape index (κ1) is 22.5. The van der Waals surface area contributed by atoms with Crippen LogP contribution in [0.1, 0.15) is 32.4 Å². The van der Waals surface area contributed by atoms with Crippen LogP contribution in [0.2, 0.25) is 0 Å².